The standard InChI is InChI=1S/C23H34ClN3O2/c1-4-20(26-21(28)14-18-6-5-12-25-18)22(29)27-13-11-19(23(2,3)15-27)16-7-9-17(24)10-8-16/h7-10,18-20,25H,4-6,11-15H2,1-3H3,(H,26,28)/t18-,19?,20+/m0/s1. The van der Waals surface area contributed by atoms with Crippen LogP contribution in [0.1, 0.15) is 64.4 Å². The van der Waals surface area contributed by atoms with Crippen LogP contribution in [0.5, 0.6) is 0 Å². The van der Waals surface area contributed by atoms with E-state index in [1.807, 2.05) is 24.0 Å². The summed E-state index contributed by atoms with van der Waals surface area (Å²) in [5.74, 6) is 0.398. The quantitative estimate of drug-likeness (QED) is 0.738. The number of amides is 2. The van der Waals surface area contributed by atoms with Crippen LogP contribution < -0.4 is 10.6 Å². The zero-order valence-electron chi connectivity index (χ0n) is 17.8. The molecule has 2 fully saturated rings. The zero-order valence-corrected chi connectivity index (χ0v) is 18.6. The molecule has 29 heavy (non-hydrogen) atoms. The molecule has 0 aromatic heterocycles. The highest BCUT2D eigenvalue weighted by Gasteiger charge is 2.39. The molecule has 160 valence electrons. The summed E-state index contributed by atoms with van der Waals surface area (Å²) in [6.07, 6.45) is 4.13. The predicted octanol–water partition coefficient (Wildman–Crippen LogP) is 3.72. The highest BCUT2D eigenvalue weighted by molar-refractivity contribution is 6.30. The molecule has 6 heteroatoms. The van der Waals surface area contributed by atoms with Crippen molar-refractivity contribution in [1.29, 1.82) is 0 Å². The minimum atomic E-state index is -0.438. The number of piperidine rings is 1. The second kappa shape index (κ2) is 9.48. The van der Waals surface area contributed by atoms with Crippen LogP contribution in [0.25, 0.3) is 0 Å². The summed E-state index contributed by atoms with van der Waals surface area (Å²) in [5.41, 5.74) is 1.23. The van der Waals surface area contributed by atoms with E-state index in [1.165, 1.54) is 5.56 Å². The molecule has 1 unspecified atom stereocenters. The van der Waals surface area contributed by atoms with Gasteiger partial charge in [-0.1, -0.05) is 44.5 Å². The fourth-order valence-electron chi connectivity index (χ4n) is 4.82. The van der Waals surface area contributed by atoms with Gasteiger partial charge in [-0.3, -0.25) is 9.59 Å². The molecule has 3 atom stereocenters. The predicted molar refractivity (Wildman–Crippen MR) is 117 cm³/mol. The van der Waals surface area contributed by atoms with Crippen molar-refractivity contribution >= 4 is 23.4 Å². The third kappa shape index (κ3) is 5.52. The molecular formula is C23H34ClN3O2. The Morgan fingerprint density at radius 3 is 2.59 bits per heavy atom. The molecule has 3 rings (SSSR count). The normalized spacial score (nSPS) is 24.9. The summed E-state index contributed by atoms with van der Waals surface area (Å²) in [6.45, 7) is 8.78. The topological polar surface area (TPSA) is 61.4 Å². The largest absolute Gasteiger partial charge is 0.344 e. The summed E-state index contributed by atoms with van der Waals surface area (Å²) in [6, 6.07) is 7.87. The summed E-state index contributed by atoms with van der Waals surface area (Å²) in [5, 5.41) is 7.07. The van der Waals surface area contributed by atoms with E-state index in [1.54, 1.807) is 0 Å². The number of benzene rings is 1. The molecule has 1 aromatic carbocycles. The van der Waals surface area contributed by atoms with Crippen molar-refractivity contribution < 1.29 is 9.59 Å². The fourth-order valence-corrected chi connectivity index (χ4v) is 4.95. The van der Waals surface area contributed by atoms with Crippen LogP contribution >= 0.6 is 11.6 Å². The molecule has 2 N–H and O–H groups in total. The molecular weight excluding hydrogens is 386 g/mol. The van der Waals surface area contributed by atoms with Crippen LogP contribution in [0.3, 0.4) is 0 Å². The minimum Gasteiger partial charge on any atom is -0.344 e. The maximum atomic E-state index is 13.2. The van der Waals surface area contributed by atoms with Gasteiger partial charge in [0.2, 0.25) is 11.8 Å². The Morgan fingerprint density at radius 2 is 2.00 bits per heavy atom. The van der Waals surface area contributed by atoms with Crippen molar-refractivity contribution in [3.05, 3.63) is 34.9 Å². The second-order valence-corrected chi connectivity index (χ2v) is 9.60. The number of nitrogens with one attached hydrogen (secondary N) is 2. The Hall–Kier alpha value is -1.59. The molecule has 2 saturated heterocycles. The number of halogens is 1. The van der Waals surface area contributed by atoms with Crippen molar-refractivity contribution in [2.75, 3.05) is 19.6 Å². The second-order valence-electron chi connectivity index (χ2n) is 9.17. The first-order valence-electron chi connectivity index (χ1n) is 10.9. The van der Waals surface area contributed by atoms with Gasteiger partial charge in [0, 0.05) is 30.6 Å². The third-order valence-electron chi connectivity index (χ3n) is 6.45. The molecule has 0 radical (unpaired) electrons. The highest BCUT2D eigenvalue weighted by atomic mass is 35.5. The first-order valence-corrected chi connectivity index (χ1v) is 11.2. The van der Waals surface area contributed by atoms with Crippen molar-refractivity contribution in [2.45, 2.75) is 70.9 Å². The minimum absolute atomic E-state index is 0.0279. The third-order valence-corrected chi connectivity index (χ3v) is 6.70. The molecule has 0 aliphatic carbocycles. The van der Waals surface area contributed by atoms with E-state index in [9.17, 15) is 9.59 Å². The van der Waals surface area contributed by atoms with Gasteiger partial charge in [0.05, 0.1) is 0 Å². The van der Waals surface area contributed by atoms with E-state index < -0.39 is 6.04 Å². The Labute approximate surface area is 179 Å². The Morgan fingerprint density at radius 1 is 1.28 bits per heavy atom. The van der Waals surface area contributed by atoms with Crippen molar-refractivity contribution in [3.63, 3.8) is 0 Å². The monoisotopic (exact) mass is 419 g/mol. The first kappa shape index (κ1) is 22.1. The molecule has 2 heterocycles. The van der Waals surface area contributed by atoms with Crippen molar-refractivity contribution in [3.8, 4) is 0 Å². The average molecular weight is 420 g/mol. The first-order chi connectivity index (χ1) is 13.8. The molecule has 2 aliphatic heterocycles. The maximum absolute atomic E-state index is 13.2. The lowest BCUT2D eigenvalue weighted by Crippen LogP contribution is -2.54. The lowest BCUT2D eigenvalue weighted by atomic mass is 9.70. The van der Waals surface area contributed by atoms with Gasteiger partial charge in [-0.05, 0) is 61.3 Å². The van der Waals surface area contributed by atoms with E-state index >= 15 is 0 Å². The van der Waals surface area contributed by atoms with Gasteiger partial charge >= 0.3 is 0 Å². The van der Waals surface area contributed by atoms with Crippen LogP contribution in [0.15, 0.2) is 24.3 Å². The van der Waals surface area contributed by atoms with Gasteiger partial charge in [0.25, 0.3) is 0 Å². The van der Waals surface area contributed by atoms with E-state index in [4.69, 9.17) is 11.6 Å². The zero-order chi connectivity index (χ0) is 21.0. The fraction of sp³-hybridized carbons (Fsp3) is 0.652. The van der Waals surface area contributed by atoms with Crippen LogP contribution in [-0.4, -0.2) is 48.4 Å². The molecule has 0 saturated carbocycles. The average Bonchev–Trinajstić information content (AvgIpc) is 3.18. The molecule has 5 nitrogen and oxygen atoms in total. The number of carbonyl (C=O) groups excluding carboxylic acids is 2. The summed E-state index contributed by atoms with van der Waals surface area (Å²) in [4.78, 5) is 27.5. The lowest BCUT2D eigenvalue weighted by molar-refractivity contribution is -0.139. The Balaban J connectivity index is 1.60. The SMILES string of the molecule is CC[C@@H](NC(=O)C[C@@H]1CCCN1)C(=O)N1CCC(c2ccc(Cl)cc2)C(C)(C)C1. The number of hydrogen-bond donors (Lipinski definition) is 2. The molecule has 0 bridgehead atoms. The summed E-state index contributed by atoms with van der Waals surface area (Å²) < 4.78 is 0. The number of hydrogen-bond acceptors (Lipinski definition) is 3. The maximum Gasteiger partial charge on any atom is 0.245 e. The van der Waals surface area contributed by atoms with Gasteiger partial charge in [-0.25, -0.2) is 0 Å². The van der Waals surface area contributed by atoms with Crippen LogP contribution in [0.4, 0.5) is 0 Å². The van der Waals surface area contributed by atoms with Crippen molar-refractivity contribution in [2.24, 2.45) is 5.41 Å². The number of nitrogens with zero attached hydrogens (tertiary/aromatic N) is 1. The van der Waals surface area contributed by atoms with Crippen LogP contribution in [0.2, 0.25) is 5.02 Å². The van der Waals surface area contributed by atoms with Gasteiger partial charge in [-0.15, -0.1) is 0 Å². The number of carbonyl (C=O) groups is 2. The summed E-state index contributed by atoms with van der Waals surface area (Å²) >= 11 is 6.04. The van der Waals surface area contributed by atoms with Gasteiger partial charge in [0.1, 0.15) is 6.04 Å². The number of rotatable bonds is 6. The smallest absolute Gasteiger partial charge is 0.245 e. The van der Waals surface area contributed by atoms with Gasteiger partial charge in [-0.2, -0.15) is 0 Å². The lowest BCUT2D eigenvalue weighted by Gasteiger charge is -2.45. The molecule has 2 amide bonds. The molecule has 0 spiro atoms. The van der Waals surface area contributed by atoms with E-state index in [-0.39, 0.29) is 23.3 Å². The number of likely N-dealkylation sites (tertiary alicyclic amines) is 1. The Kier molecular flexibility index (Phi) is 7.23. The van der Waals surface area contributed by atoms with Crippen molar-refractivity contribution in [1.82, 2.24) is 15.5 Å². The van der Waals surface area contributed by atoms with Crippen LogP contribution in [0, 0.1) is 5.41 Å². The summed E-state index contributed by atoms with van der Waals surface area (Å²) in [7, 11) is 0. The van der Waals surface area contributed by atoms with Gasteiger partial charge < -0.3 is 15.5 Å². The van der Waals surface area contributed by atoms with E-state index in [0.717, 1.165) is 30.8 Å². The molecule has 1 aromatic rings. The Bertz CT molecular complexity index is 713. The van der Waals surface area contributed by atoms with E-state index in [0.29, 0.717) is 31.8 Å². The van der Waals surface area contributed by atoms with Crippen LogP contribution in [-0.2, 0) is 9.59 Å². The highest BCUT2D eigenvalue weighted by Crippen LogP contribution is 2.42. The van der Waals surface area contributed by atoms with E-state index in [2.05, 4.69) is 36.6 Å². The van der Waals surface area contributed by atoms with Gasteiger partial charge in [0.15, 0.2) is 0 Å². The molecule has 2 aliphatic rings.